The van der Waals surface area contributed by atoms with Gasteiger partial charge in [-0.05, 0) is 50.1 Å². The first kappa shape index (κ1) is 19.2. The van der Waals surface area contributed by atoms with Crippen LogP contribution < -0.4 is 4.74 Å². The lowest BCUT2D eigenvalue weighted by Gasteiger charge is -2.23. The molecule has 1 aromatic heterocycles. The minimum absolute atomic E-state index is 0.633. The van der Waals surface area contributed by atoms with Crippen molar-refractivity contribution >= 4 is 0 Å². The highest BCUT2D eigenvalue weighted by molar-refractivity contribution is 5.63. The average molecular weight is 364 g/mol. The number of aliphatic hydroxyl groups is 1. The Bertz CT molecular complexity index is 882. The lowest BCUT2D eigenvalue weighted by Crippen LogP contribution is -2.25. The summed E-state index contributed by atoms with van der Waals surface area (Å²) in [5.74, 6) is 0.805. The maximum Gasteiger partial charge on any atom is 0.119 e. The lowest BCUT2D eigenvalue weighted by molar-refractivity contribution is 0.0180. The molecule has 0 spiro atoms. The highest BCUT2D eigenvalue weighted by atomic mass is 16.5. The van der Waals surface area contributed by atoms with Crippen LogP contribution in [0.3, 0.4) is 0 Å². The quantitative estimate of drug-likeness (QED) is 0.622. The van der Waals surface area contributed by atoms with Crippen LogP contribution in [0.4, 0.5) is 0 Å². The first-order valence-electron chi connectivity index (χ1n) is 9.55. The summed E-state index contributed by atoms with van der Waals surface area (Å²) in [5, 5.41) is 16.0. The van der Waals surface area contributed by atoms with Crippen molar-refractivity contribution in [1.82, 2.24) is 9.78 Å². The third-order valence-electron chi connectivity index (χ3n) is 5.10. The van der Waals surface area contributed by atoms with Crippen molar-refractivity contribution < 1.29 is 9.84 Å². The summed E-state index contributed by atoms with van der Waals surface area (Å²) in [6.45, 7) is 6.17. The average Bonchev–Trinajstić information content (AvgIpc) is 3.15. The minimum atomic E-state index is -0.911. The van der Waals surface area contributed by atoms with Gasteiger partial charge in [-0.3, -0.25) is 0 Å². The zero-order chi connectivity index (χ0) is 19.4. The van der Waals surface area contributed by atoms with Crippen molar-refractivity contribution in [2.75, 3.05) is 7.11 Å². The van der Waals surface area contributed by atoms with Crippen LogP contribution in [0.1, 0.15) is 44.4 Å². The molecule has 0 fully saturated rings. The molecule has 0 amide bonds. The fourth-order valence-electron chi connectivity index (χ4n) is 3.36. The van der Waals surface area contributed by atoms with Crippen molar-refractivity contribution in [2.24, 2.45) is 0 Å². The van der Waals surface area contributed by atoms with E-state index in [2.05, 4.69) is 38.1 Å². The predicted molar refractivity (Wildman–Crippen MR) is 109 cm³/mol. The summed E-state index contributed by atoms with van der Waals surface area (Å²) in [5.41, 5.74) is 4.01. The molecule has 0 aliphatic carbocycles. The van der Waals surface area contributed by atoms with Gasteiger partial charge in [-0.15, -0.1) is 0 Å². The van der Waals surface area contributed by atoms with Crippen LogP contribution in [-0.2, 0) is 5.60 Å². The molecule has 3 aromatic rings. The topological polar surface area (TPSA) is 47.3 Å². The largest absolute Gasteiger partial charge is 0.497 e. The number of ether oxygens (including phenoxy) is 1. The van der Waals surface area contributed by atoms with Crippen molar-refractivity contribution in [3.63, 3.8) is 0 Å². The van der Waals surface area contributed by atoms with E-state index in [9.17, 15) is 5.11 Å². The molecule has 142 valence electrons. The van der Waals surface area contributed by atoms with E-state index in [0.717, 1.165) is 34.8 Å². The standard InChI is InChI=1S/C23H28N2O2/c1-5-15-23(26,6-2)22-16-21(18-9-7-17(3)8-10-18)25(24-22)19-11-13-20(27-4)14-12-19/h7-14,16,26H,5-6,15H2,1-4H3. The number of nitrogens with zero attached hydrogens (tertiary/aromatic N) is 2. The third kappa shape index (κ3) is 3.91. The molecular weight excluding hydrogens is 336 g/mol. The highest BCUT2D eigenvalue weighted by Crippen LogP contribution is 2.34. The van der Waals surface area contributed by atoms with Crippen molar-refractivity contribution in [3.05, 3.63) is 65.9 Å². The molecule has 4 nitrogen and oxygen atoms in total. The molecule has 0 radical (unpaired) electrons. The lowest BCUT2D eigenvalue weighted by atomic mass is 9.91. The summed E-state index contributed by atoms with van der Waals surface area (Å²) in [7, 11) is 1.66. The van der Waals surface area contributed by atoms with Crippen LogP contribution in [0.2, 0.25) is 0 Å². The van der Waals surface area contributed by atoms with Gasteiger partial charge in [0.2, 0.25) is 0 Å². The zero-order valence-electron chi connectivity index (χ0n) is 16.6. The molecule has 0 bridgehead atoms. The van der Waals surface area contributed by atoms with Crippen LogP contribution >= 0.6 is 0 Å². The second kappa shape index (κ2) is 7.97. The molecule has 1 unspecified atom stereocenters. The number of aryl methyl sites for hydroxylation is 1. The molecule has 4 heteroatoms. The van der Waals surface area contributed by atoms with Crippen LogP contribution in [0.15, 0.2) is 54.6 Å². The molecule has 27 heavy (non-hydrogen) atoms. The normalized spacial score (nSPS) is 13.4. The van der Waals surface area contributed by atoms with Crippen LogP contribution in [0, 0.1) is 6.92 Å². The number of benzene rings is 2. The summed E-state index contributed by atoms with van der Waals surface area (Å²) in [6.07, 6.45) is 2.23. The van der Waals surface area contributed by atoms with E-state index in [0.29, 0.717) is 12.8 Å². The molecule has 0 aliphatic heterocycles. The van der Waals surface area contributed by atoms with Gasteiger partial charge in [0.15, 0.2) is 0 Å². The maximum atomic E-state index is 11.2. The van der Waals surface area contributed by atoms with Crippen molar-refractivity contribution in [2.45, 2.75) is 45.6 Å². The molecular formula is C23H28N2O2. The van der Waals surface area contributed by atoms with Crippen LogP contribution in [0.25, 0.3) is 16.9 Å². The van der Waals surface area contributed by atoms with Gasteiger partial charge in [-0.1, -0.05) is 50.1 Å². The highest BCUT2D eigenvalue weighted by Gasteiger charge is 2.30. The third-order valence-corrected chi connectivity index (χ3v) is 5.10. The first-order valence-corrected chi connectivity index (χ1v) is 9.55. The SMILES string of the molecule is CCCC(O)(CC)c1cc(-c2ccc(C)cc2)n(-c2ccc(OC)cc2)n1. The van der Waals surface area contributed by atoms with E-state index in [4.69, 9.17) is 9.84 Å². The predicted octanol–water partition coefficient (Wildman–Crippen LogP) is 5.25. The van der Waals surface area contributed by atoms with Gasteiger partial charge < -0.3 is 9.84 Å². The Morgan fingerprint density at radius 2 is 1.70 bits per heavy atom. The van der Waals surface area contributed by atoms with Gasteiger partial charge in [0.1, 0.15) is 11.4 Å². The van der Waals surface area contributed by atoms with Crippen LogP contribution in [0.5, 0.6) is 5.75 Å². The van der Waals surface area contributed by atoms with E-state index in [1.54, 1.807) is 7.11 Å². The Morgan fingerprint density at radius 1 is 1.04 bits per heavy atom. The van der Waals surface area contributed by atoms with E-state index in [1.807, 2.05) is 41.9 Å². The van der Waals surface area contributed by atoms with Crippen molar-refractivity contribution in [3.8, 4) is 22.7 Å². The summed E-state index contributed by atoms with van der Waals surface area (Å²) >= 11 is 0. The number of rotatable bonds is 7. The van der Waals surface area contributed by atoms with Gasteiger partial charge in [0.05, 0.1) is 24.2 Å². The molecule has 0 aliphatic rings. The Morgan fingerprint density at radius 3 is 2.26 bits per heavy atom. The second-order valence-electron chi connectivity index (χ2n) is 7.03. The molecule has 2 aromatic carbocycles. The smallest absolute Gasteiger partial charge is 0.119 e. The number of hydrogen-bond donors (Lipinski definition) is 1. The molecule has 0 saturated heterocycles. The Balaban J connectivity index is 2.15. The molecule has 0 saturated carbocycles. The molecule has 1 heterocycles. The number of methoxy groups -OCH3 is 1. The van der Waals surface area contributed by atoms with Gasteiger partial charge in [-0.2, -0.15) is 5.10 Å². The Kier molecular flexibility index (Phi) is 5.66. The zero-order valence-corrected chi connectivity index (χ0v) is 16.6. The first-order chi connectivity index (χ1) is 13.0. The summed E-state index contributed by atoms with van der Waals surface area (Å²) in [4.78, 5) is 0. The van der Waals surface area contributed by atoms with E-state index in [-0.39, 0.29) is 0 Å². The van der Waals surface area contributed by atoms with Gasteiger partial charge >= 0.3 is 0 Å². The Labute approximate surface area is 161 Å². The van der Waals surface area contributed by atoms with E-state index < -0.39 is 5.60 Å². The number of hydrogen-bond acceptors (Lipinski definition) is 3. The fourth-order valence-corrected chi connectivity index (χ4v) is 3.36. The molecule has 1 N–H and O–H groups in total. The number of aromatic nitrogens is 2. The second-order valence-corrected chi connectivity index (χ2v) is 7.03. The van der Waals surface area contributed by atoms with Gasteiger partial charge in [-0.25, -0.2) is 4.68 Å². The summed E-state index contributed by atoms with van der Waals surface area (Å²) < 4.78 is 7.18. The van der Waals surface area contributed by atoms with Gasteiger partial charge in [0.25, 0.3) is 0 Å². The summed E-state index contributed by atoms with van der Waals surface area (Å²) in [6, 6.07) is 18.2. The minimum Gasteiger partial charge on any atom is -0.497 e. The van der Waals surface area contributed by atoms with Gasteiger partial charge in [0, 0.05) is 5.56 Å². The molecule has 1 atom stereocenters. The molecule has 3 rings (SSSR count). The van der Waals surface area contributed by atoms with Crippen LogP contribution in [-0.4, -0.2) is 22.0 Å². The Hall–Kier alpha value is -2.59. The monoisotopic (exact) mass is 364 g/mol. The van der Waals surface area contributed by atoms with Crippen molar-refractivity contribution in [1.29, 1.82) is 0 Å². The maximum absolute atomic E-state index is 11.2. The van der Waals surface area contributed by atoms with E-state index >= 15 is 0 Å². The van der Waals surface area contributed by atoms with E-state index in [1.165, 1.54) is 5.56 Å². The fraction of sp³-hybridized carbons (Fsp3) is 0.348.